The predicted octanol–water partition coefficient (Wildman–Crippen LogP) is -0.184. The van der Waals surface area contributed by atoms with E-state index in [2.05, 4.69) is 22.0 Å². The van der Waals surface area contributed by atoms with E-state index in [9.17, 15) is 9.59 Å². The molecule has 22 heavy (non-hydrogen) atoms. The Hall–Kier alpha value is -2.02. The third-order valence-corrected chi connectivity index (χ3v) is 3.49. The number of allylic oxidation sites excluding steroid dienone is 2. The normalized spacial score (nSPS) is 24.4. The average Bonchev–Trinajstić information content (AvgIpc) is 2.91. The van der Waals surface area contributed by atoms with E-state index in [-0.39, 0.29) is 23.3 Å². The van der Waals surface area contributed by atoms with Crippen molar-refractivity contribution in [3.05, 3.63) is 23.9 Å². The van der Waals surface area contributed by atoms with Crippen molar-refractivity contribution >= 4 is 11.9 Å². The number of primary amides is 1. The molecule has 7 heteroatoms. The van der Waals surface area contributed by atoms with Crippen molar-refractivity contribution in [2.75, 3.05) is 13.1 Å². The van der Waals surface area contributed by atoms with E-state index in [1.165, 1.54) is 0 Å². The van der Waals surface area contributed by atoms with Crippen LogP contribution in [0, 0.1) is 6.08 Å². The minimum atomic E-state index is -0.588. The molecule has 0 aromatic heterocycles. The van der Waals surface area contributed by atoms with E-state index in [1.807, 2.05) is 20.8 Å². The molecule has 5 N–H and O–H groups in total. The third kappa shape index (κ3) is 4.00. The summed E-state index contributed by atoms with van der Waals surface area (Å²) in [5.41, 5.74) is 5.14. The fourth-order valence-electron chi connectivity index (χ4n) is 2.55. The lowest BCUT2D eigenvalue weighted by Crippen LogP contribution is -2.60. The van der Waals surface area contributed by atoms with Crippen LogP contribution in [0.15, 0.2) is 17.8 Å². The first-order valence-electron chi connectivity index (χ1n) is 7.45. The Morgan fingerprint density at radius 3 is 2.73 bits per heavy atom. The van der Waals surface area contributed by atoms with Gasteiger partial charge in [-0.25, -0.2) is 4.79 Å². The highest BCUT2D eigenvalue weighted by atomic mass is 16.2. The van der Waals surface area contributed by atoms with Crippen molar-refractivity contribution in [1.29, 1.82) is 0 Å². The molecule has 0 aliphatic carbocycles. The fourth-order valence-corrected chi connectivity index (χ4v) is 2.55. The van der Waals surface area contributed by atoms with Gasteiger partial charge in [0.2, 0.25) is 0 Å². The van der Waals surface area contributed by atoms with Crippen LogP contribution in [0.2, 0.25) is 0 Å². The van der Waals surface area contributed by atoms with Crippen molar-refractivity contribution in [2.45, 2.75) is 44.9 Å². The molecule has 1 saturated heterocycles. The van der Waals surface area contributed by atoms with Gasteiger partial charge in [-0.05, 0) is 39.8 Å². The Kier molecular flexibility index (Phi) is 4.75. The van der Waals surface area contributed by atoms with Crippen LogP contribution < -0.4 is 21.7 Å². The highest BCUT2D eigenvalue weighted by Crippen LogP contribution is 2.16. The molecule has 2 rings (SSSR count). The van der Waals surface area contributed by atoms with Crippen LogP contribution in [0.3, 0.4) is 0 Å². The summed E-state index contributed by atoms with van der Waals surface area (Å²) in [5.74, 6) is -0.588. The zero-order valence-corrected chi connectivity index (χ0v) is 13.3. The van der Waals surface area contributed by atoms with Crippen LogP contribution in [-0.4, -0.2) is 47.7 Å². The van der Waals surface area contributed by atoms with Gasteiger partial charge in [-0.2, -0.15) is 0 Å². The second-order valence-electron chi connectivity index (χ2n) is 6.57. The van der Waals surface area contributed by atoms with E-state index < -0.39 is 12.1 Å². The van der Waals surface area contributed by atoms with Gasteiger partial charge in [-0.3, -0.25) is 9.69 Å². The molecule has 2 heterocycles. The number of hydrogen-bond acceptors (Lipinski definition) is 4. The second kappa shape index (κ2) is 6.39. The molecule has 0 bridgehead atoms. The highest BCUT2D eigenvalue weighted by molar-refractivity contribution is 5.91. The Morgan fingerprint density at radius 1 is 1.45 bits per heavy atom. The van der Waals surface area contributed by atoms with Gasteiger partial charge < -0.3 is 21.7 Å². The maximum Gasteiger partial charge on any atom is 0.320 e. The number of nitrogens with one attached hydrogen (secondary N) is 3. The van der Waals surface area contributed by atoms with Crippen molar-refractivity contribution in [2.24, 2.45) is 5.73 Å². The fraction of sp³-hybridized carbons (Fsp3) is 0.600. The lowest BCUT2D eigenvalue weighted by molar-refractivity contribution is -0.115. The SMILES string of the molecule is CC(C)(C)NC(=O)N(C1C=C[C]=C(C(N)=O)N1)[C@H]1CCNC1. The second-order valence-corrected chi connectivity index (χ2v) is 6.57. The van der Waals surface area contributed by atoms with Gasteiger partial charge in [-0.1, -0.05) is 6.08 Å². The molecule has 1 unspecified atom stereocenters. The molecule has 121 valence electrons. The van der Waals surface area contributed by atoms with E-state index >= 15 is 0 Å². The van der Waals surface area contributed by atoms with Crippen molar-refractivity contribution in [3.63, 3.8) is 0 Å². The monoisotopic (exact) mass is 306 g/mol. The molecule has 0 spiro atoms. The summed E-state index contributed by atoms with van der Waals surface area (Å²) in [6, 6.07) is -0.120. The molecule has 0 aromatic carbocycles. The number of nitrogens with zero attached hydrogens (tertiary/aromatic N) is 1. The maximum absolute atomic E-state index is 12.7. The summed E-state index contributed by atoms with van der Waals surface area (Å²) in [4.78, 5) is 25.8. The Bertz CT molecular complexity index is 501. The van der Waals surface area contributed by atoms with Crippen LogP contribution in [0.4, 0.5) is 4.79 Å². The Balaban J connectivity index is 2.18. The lowest BCUT2D eigenvalue weighted by atomic mass is 10.1. The molecule has 3 amide bonds. The number of carbonyl (C=O) groups excluding carboxylic acids is 2. The van der Waals surface area contributed by atoms with Crippen LogP contribution in [0.25, 0.3) is 0 Å². The largest absolute Gasteiger partial charge is 0.364 e. The Morgan fingerprint density at radius 2 is 2.18 bits per heavy atom. The van der Waals surface area contributed by atoms with E-state index in [0.717, 1.165) is 19.5 Å². The summed E-state index contributed by atoms with van der Waals surface area (Å²) in [7, 11) is 0. The molecule has 2 atom stereocenters. The number of nitrogens with two attached hydrogens (primary N) is 1. The van der Waals surface area contributed by atoms with Crippen LogP contribution in [-0.2, 0) is 4.79 Å². The number of amides is 3. The molecular weight excluding hydrogens is 282 g/mol. The predicted molar refractivity (Wildman–Crippen MR) is 83.4 cm³/mol. The minimum Gasteiger partial charge on any atom is -0.364 e. The zero-order valence-electron chi connectivity index (χ0n) is 13.3. The molecule has 1 fully saturated rings. The van der Waals surface area contributed by atoms with E-state index in [0.29, 0.717) is 0 Å². The molecule has 0 aromatic rings. The van der Waals surface area contributed by atoms with Gasteiger partial charge >= 0.3 is 6.03 Å². The van der Waals surface area contributed by atoms with Crippen LogP contribution in [0.5, 0.6) is 0 Å². The van der Waals surface area contributed by atoms with Crippen LogP contribution in [0.1, 0.15) is 27.2 Å². The van der Waals surface area contributed by atoms with Gasteiger partial charge in [-0.15, -0.1) is 0 Å². The van der Waals surface area contributed by atoms with Gasteiger partial charge in [0, 0.05) is 24.2 Å². The van der Waals surface area contributed by atoms with E-state index in [4.69, 9.17) is 5.73 Å². The summed E-state index contributed by atoms with van der Waals surface area (Å²) < 4.78 is 0. The number of carbonyl (C=O) groups is 2. The zero-order chi connectivity index (χ0) is 16.3. The van der Waals surface area contributed by atoms with E-state index in [1.54, 1.807) is 17.1 Å². The minimum absolute atomic E-state index is 0.0525. The van der Waals surface area contributed by atoms with Gasteiger partial charge in [0.15, 0.2) is 0 Å². The van der Waals surface area contributed by atoms with Crippen molar-refractivity contribution in [1.82, 2.24) is 20.9 Å². The average molecular weight is 306 g/mol. The van der Waals surface area contributed by atoms with Crippen molar-refractivity contribution < 1.29 is 9.59 Å². The number of dihydropyridines is 1. The maximum atomic E-state index is 12.7. The molecule has 2 aliphatic rings. The first kappa shape index (κ1) is 16.4. The Labute approximate surface area is 131 Å². The topological polar surface area (TPSA) is 99.5 Å². The van der Waals surface area contributed by atoms with Crippen molar-refractivity contribution in [3.8, 4) is 0 Å². The number of rotatable bonds is 3. The van der Waals surface area contributed by atoms with Gasteiger partial charge in [0.1, 0.15) is 11.9 Å². The number of hydrogen-bond donors (Lipinski definition) is 4. The number of urea groups is 1. The molecule has 1 radical (unpaired) electrons. The summed E-state index contributed by atoms with van der Waals surface area (Å²) >= 11 is 0. The molecule has 0 saturated carbocycles. The summed E-state index contributed by atoms with van der Waals surface area (Å²) in [6.07, 6.45) is 6.63. The summed E-state index contributed by atoms with van der Waals surface area (Å²) in [5, 5.41) is 9.21. The highest BCUT2D eigenvalue weighted by Gasteiger charge is 2.34. The molecular formula is C15H24N5O2. The first-order valence-corrected chi connectivity index (χ1v) is 7.45. The molecule has 2 aliphatic heterocycles. The van der Waals surface area contributed by atoms with Gasteiger partial charge in [0.05, 0.1) is 0 Å². The first-order chi connectivity index (χ1) is 10.3. The standard InChI is InChI=1S/C15H24N5O2/c1-15(2,3)19-14(22)20(10-7-8-17-9-10)12-6-4-5-11(18-12)13(16)21/h4,6,10,12,17-18H,7-9H2,1-3H3,(H2,16,21)(H,19,22)/t10-,12?/m0/s1. The smallest absolute Gasteiger partial charge is 0.320 e. The quantitative estimate of drug-likeness (QED) is 0.581. The van der Waals surface area contributed by atoms with Crippen LogP contribution >= 0.6 is 0 Å². The lowest BCUT2D eigenvalue weighted by Gasteiger charge is -2.38. The van der Waals surface area contributed by atoms with Gasteiger partial charge in [0.25, 0.3) is 5.91 Å². The summed E-state index contributed by atoms with van der Waals surface area (Å²) in [6.45, 7) is 7.39. The third-order valence-electron chi connectivity index (χ3n) is 3.49. The molecule has 7 nitrogen and oxygen atoms in total.